The van der Waals surface area contributed by atoms with Crippen LogP contribution in [0.3, 0.4) is 0 Å². The van der Waals surface area contributed by atoms with Gasteiger partial charge in [0.15, 0.2) is 11.5 Å². The molecule has 0 aromatic heterocycles. The maximum absolute atomic E-state index is 12.6. The number of carbonyl (C=O) groups excluding carboxylic acids is 1. The predicted octanol–water partition coefficient (Wildman–Crippen LogP) is 5.55. The summed E-state index contributed by atoms with van der Waals surface area (Å²) in [4.78, 5) is 16.9. The lowest BCUT2D eigenvalue weighted by molar-refractivity contribution is -0.117. The van der Waals surface area contributed by atoms with Crippen LogP contribution in [0, 0.1) is 13.8 Å². The zero-order chi connectivity index (χ0) is 24.7. The molecule has 1 amide bonds. The van der Waals surface area contributed by atoms with E-state index in [4.69, 9.17) is 14.2 Å². The van der Waals surface area contributed by atoms with E-state index in [9.17, 15) is 4.79 Å². The maximum Gasteiger partial charge on any atom is 0.238 e. The van der Waals surface area contributed by atoms with Crippen LogP contribution in [0.2, 0.25) is 0 Å². The Balaban J connectivity index is 1.59. The fraction of sp³-hybridized carbons (Fsp3) is 0.296. The number of nitrogens with zero attached hydrogens (tertiary/aromatic N) is 1. The summed E-state index contributed by atoms with van der Waals surface area (Å²) in [5.41, 5.74) is 4.17. The summed E-state index contributed by atoms with van der Waals surface area (Å²) in [5, 5.41) is 2.97. The minimum atomic E-state index is -0.0862. The molecule has 0 spiro atoms. The highest BCUT2D eigenvalue weighted by atomic mass is 32.2. The number of hydrogen-bond donors (Lipinski definition) is 1. The van der Waals surface area contributed by atoms with Gasteiger partial charge in [0.25, 0.3) is 0 Å². The number of ether oxygens (including phenoxy) is 3. The molecule has 0 bridgehead atoms. The fourth-order valence-electron chi connectivity index (χ4n) is 3.63. The van der Waals surface area contributed by atoms with Crippen LogP contribution in [0.1, 0.15) is 16.7 Å². The number of rotatable bonds is 10. The molecule has 6 nitrogen and oxygen atoms in total. The monoisotopic (exact) mass is 480 g/mol. The van der Waals surface area contributed by atoms with E-state index in [1.54, 1.807) is 33.1 Å². The van der Waals surface area contributed by atoms with E-state index in [2.05, 4.69) is 37.4 Å². The Hall–Kier alpha value is -3.16. The van der Waals surface area contributed by atoms with E-state index in [0.717, 1.165) is 16.1 Å². The second kappa shape index (κ2) is 11.8. The number of hydrogen-bond acceptors (Lipinski definition) is 6. The summed E-state index contributed by atoms with van der Waals surface area (Å²) in [6, 6.07) is 18.1. The molecular formula is C27H32N2O4S. The molecule has 3 aromatic rings. The van der Waals surface area contributed by atoms with Crippen molar-refractivity contribution in [2.24, 2.45) is 0 Å². The van der Waals surface area contributed by atoms with E-state index < -0.39 is 0 Å². The quantitative estimate of drug-likeness (QED) is 0.411. The highest BCUT2D eigenvalue weighted by Gasteiger charge is 2.17. The number of benzene rings is 3. The van der Waals surface area contributed by atoms with Gasteiger partial charge in [-0.05, 0) is 68.4 Å². The molecule has 0 atom stereocenters. The van der Waals surface area contributed by atoms with Gasteiger partial charge in [-0.2, -0.15) is 0 Å². The summed E-state index contributed by atoms with van der Waals surface area (Å²) in [6.45, 7) is 4.96. The average molecular weight is 481 g/mol. The standard InChI is InChI=1S/C27H32N2O4S/c1-18-7-8-19(2)24(15-18)34-22-12-10-21(11-13-22)28-25(30)17-29(3)16-20-9-14-23(31-4)27(33-6)26(20)32-5/h7-15H,16-17H2,1-6H3,(H,28,30). The van der Waals surface area contributed by atoms with Crippen molar-refractivity contribution in [2.75, 3.05) is 40.2 Å². The van der Waals surface area contributed by atoms with Gasteiger partial charge in [-0.1, -0.05) is 30.0 Å². The normalized spacial score (nSPS) is 10.8. The van der Waals surface area contributed by atoms with Crippen LogP contribution in [0.4, 0.5) is 5.69 Å². The minimum Gasteiger partial charge on any atom is -0.493 e. The first-order valence-corrected chi connectivity index (χ1v) is 11.8. The summed E-state index contributed by atoms with van der Waals surface area (Å²) < 4.78 is 16.3. The maximum atomic E-state index is 12.6. The largest absolute Gasteiger partial charge is 0.493 e. The smallest absolute Gasteiger partial charge is 0.238 e. The molecule has 0 saturated heterocycles. The number of carbonyl (C=O) groups is 1. The van der Waals surface area contributed by atoms with Crippen LogP contribution in [0.25, 0.3) is 0 Å². The van der Waals surface area contributed by atoms with Gasteiger partial charge in [0.2, 0.25) is 11.7 Å². The third kappa shape index (κ3) is 6.46. The van der Waals surface area contributed by atoms with Crippen molar-refractivity contribution in [1.82, 2.24) is 4.90 Å². The molecule has 0 heterocycles. The van der Waals surface area contributed by atoms with Crippen molar-refractivity contribution in [3.8, 4) is 17.2 Å². The lowest BCUT2D eigenvalue weighted by Gasteiger charge is -2.20. The molecule has 7 heteroatoms. The Labute approximate surface area is 206 Å². The summed E-state index contributed by atoms with van der Waals surface area (Å²) in [5.74, 6) is 1.66. The second-order valence-electron chi connectivity index (χ2n) is 8.11. The molecule has 0 aliphatic rings. The van der Waals surface area contributed by atoms with Gasteiger partial charge in [-0.3, -0.25) is 9.69 Å². The third-order valence-corrected chi connectivity index (χ3v) is 6.52. The van der Waals surface area contributed by atoms with E-state index in [1.165, 1.54) is 16.0 Å². The highest BCUT2D eigenvalue weighted by Crippen LogP contribution is 2.40. The van der Waals surface area contributed by atoms with Gasteiger partial charge in [-0.15, -0.1) is 0 Å². The van der Waals surface area contributed by atoms with E-state index in [0.29, 0.717) is 23.8 Å². The van der Waals surface area contributed by atoms with Crippen molar-refractivity contribution in [1.29, 1.82) is 0 Å². The SMILES string of the molecule is COc1ccc(CN(C)CC(=O)Nc2ccc(Sc3cc(C)ccc3C)cc2)c(OC)c1OC. The van der Waals surface area contributed by atoms with E-state index in [1.807, 2.05) is 48.3 Å². The summed E-state index contributed by atoms with van der Waals surface area (Å²) in [7, 11) is 6.64. The van der Waals surface area contributed by atoms with Gasteiger partial charge in [0.05, 0.1) is 27.9 Å². The fourth-order valence-corrected chi connectivity index (χ4v) is 4.63. The van der Waals surface area contributed by atoms with E-state index in [-0.39, 0.29) is 12.5 Å². The first kappa shape index (κ1) is 25.5. The zero-order valence-corrected chi connectivity index (χ0v) is 21.4. The molecule has 0 aliphatic carbocycles. The zero-order valence-electron chi connectivity index (χ0n) is 20.6. The Morgan fingerprint density at radius 3 is 2.26 bits per heavy atom. The summed E-state index contributed by atoms with van der Waals surface area (Å²) >= 11 is 1.72. The van der Waals surface area contributed by atoms with Gasteiger partial charge in [0.1, 0.15) is 0 Å². The number of likely N-dealkylation sites (N-methyl/N-ethyl adjacent to an activating group) is 1. The highest BCUT2D eigenvalue weighted by molar-refractivity contribution is 7.99. The van der Waals surface area contributed by atoms with Crippen LogP contribution in [0.15, 0.2) is 64.4 Å². The minimum absolute atomic E-state index is 0.0862. The molecule has 3 aromatic carbocycles. The number of aryl methyl sites for hydroxylation is 2. The molecule has 0 aliphatic heterocycles. The molecule has 3 rings (SSSR count). The number of anilines is 1. The van der Waals surface area contributed by atoms with Gasteiger partial charge in [-0.25, -0.2) is 0 Å². The molecule has 0 fully saturated rings. The van der Waals surface area contributed by atoms with Crippen molar-refractivity contribution < 1.29 is 19.0 Å². The molecule has 0 unspecified atom stereocenters. The number of methoxy groups -OCH3 is 3. The average Bonchev–Trinajstić information content (AvgIpc) is 2.82. The lowest BCUT2D eigenvalue weighted by atomic mass is 10.1. The third-order valence-electron chi connectivity index (χ3n) is 5.35. The Morgan fingerprint density at radius 1 is 0.912 bits per heavy atom. The van der Waals surface area contributed by atoms with Crippen molar-refractivity contribution >= 4 is 23.4 Å². The Kier molecular flexibility index (Phi) is 8.85. The van der Waals surface area contributed by atoms with Gasteiger partial charge in [0, 0.05) is 27.6 Å². The van der Waals surface area contributed by atoms with Crippen molar-refractivity contribution in [3.05, 3.63) is 71.3 Å². The molecule has 34 heavy (non-hydrogen) atoms. The molecule has 0 radical (unpaired) electrons. The van der Waals surface area contributed by atoms with Crippen molar-refractivity contribution in [3.63, 3.8) is 0 Å². The van der Waals surface area contributed by atoms with Gasteiger partial charge < -0.3 is 19.5 Å². The topological polar surface area (TPSA) is 60.0 Å². The number of amides is 1. The molecule has 1 N–H and O–H groups in total. The Morgan fingerprint density at radius 2 is 1.62 bits per heavy atom. The van der Waals surface area contributed by atoms with Crippen LogP contribution in [-0.2, 0) is 11.3 Å². The van der Waals surface area contributed by atoms with Gasteiger partial charge >= 0.3 is 0 Å². The molecule has 0 saturated carbocycles. The van der Waals surface area contributed by atoms with Crippen LogP contribution < -0.4 is 19.5 Å². The number of nitrogens with one attached hydrogen (secondary N) is 1. The lowest BCUT2D eigenvalue weighted by Crippen LogP contribution is -2.30. The van der Waals surface area contributed by atoms with Crippen LogP contribution in [0.5, 0.6) is 17.2 Å². The molecule has 180 valence electrons. The Bertz CT molecular complexity index is 1130. The predicted molar refractivity (Wildman–Crippen MR) is 138 cm³/mol. The van der Waals surface area contributed by atoms with Crippen LogP contribution in [-0.4, -0.2) is 45.7 Å². The van der Waals surface area contributed by atoms with E-state index >= 15 is 0 Å². The second-order valence-corrected chi connectivity index (χ2v) is 9.22. The molecular weight excluding hydrogens is 448 g/mol. The summed E-state index contributed by atoms with van der Waals surface area (Å²) in [6.07, 6.45) is 0. The first-order valence-electron chi connectivity index (χ1n) is 11.0. The van der Waals surface area contributed by atoms with Crippen molar-refractivity contribution in [2.45, 2.75) is 30.2 Å². The van der Waals surface area contributed by atoms with Crippen LogP contribution >= 0.6 is 11.8 Å². The first-order chi connectivity index (χ1) is 16.3.